The van der Waals surface area contributed by atoms with Crippen LogP contribution in [0.25, 0.3) is 0 Å². The van der Waals surface area contributed by atoms with Crippen LogP contribution in [0.1, 0.15) is 27.0 Å². The van der Waals surface area contributed by atoms with Gasteiger partial charge in [0, 0.05) is 30.2 Å². The zero-order valence-corrected chi connectivity index (χ0v) is 13.6. The molecule has 3 rings (SSSR count). The Morgan fingerprint density at radius 2 is 2.18 bits per heavy atom. The van der Waals surface area contributed by atoms with Gasteiger partial charge in [-0.05, 0) is 17.7 Å². The average Bonchev–Trinajstić information content (AvgIpc) is 3.09. The highest BCUT2D eigenvalue weighted by atomic mass is 35.5. The monoisotopic (exact) mass is 339 g/mol. The lowest BCUT2D eigenvalue weighted by Crippen LogP contribution is -2.42. The highest BCUT2D eigenvalue weighted by molar-refractivity contribution is 7.09. The molecule has 1 unspecified atom stereocenters. The van der Waals surface area contributed by atoms with Crippen LogP contribution in [0.4, 0.5) is 0 Å². The lowest BCUT2D eigenvalue weighted by atomic mass is 10.1. The molecule has 22 heavy (non-hydrogen) atoms. The van der Waals surface area contributed by atoms with Gasteiger partial charge in [0.1, 0.15) is 11.1 Å². The number of hydrogen-bond acceptors (Lipinski definition) is 5. The van der Waals surface area contributed by atoms with Gasteiger partial charge in [-0.1, -0.05) is 12.1 Å². The molecule has 1 aromatic heterocycles. The third kappa shape index (κ3) is 3.64. The molecule has 1 aliphatic rings. The van der Waals surface area contributed by atoms with E-state index >= 15 is 0 Å². The summed E-state index contributed by atoms with van der Waals surface area (Å²) in [6.45, 7) is 2.18. The van der Waals surface area contributed by atoms with Crippen LogP contribution in [0, 0.1) is 0 Å². The van der Waals surface area contributed by atoms with E-state index in [-0.39, 0.29) is 24.4 Å². The van der Waals surface area contributed by atoms with Gasteiger partial charge in [0.05, 0.1) is 13.2 Å². The number of nitrogens with two attached hydrogens (primary N) is 1. The number of rotatable bonds is 3. The fourth-order valence-electron chi connectivity index (χ4n) is 2.34. The van der Waals surface area contributed by atoms with Gasteiger partial charge in [-0.3, -0.25) is 4.79 Å². The van der Waals surface area contributed by atoms with Gasteiger partial charge in [0.2, 0.25) is 0 Å². The number of nitrogens with zero attached hydrogens (tertiary/aromatic N) is 2. The summed E-state index contributed by atoms with van der Waals surface area (Å²) in [6.07, 6.45) is 1.64. The van der Waals surface area contributed by atoms with Crippen molar-refractivity contribution in [3.8, 4) is 0 Å². The van der Waals surface area contributed by atoms with E-state index in [2.05, 4.69) is 4.98 Å². The Bertz CT molecular complexity index is 604. The van der Waals surface area contributed by atoms with Crippen LogP contribution in [-0.2, 0) is 11.3 Å². The van der Waals surface area contributed by atoms with Crippen molar-refractivity contribution < 1.29 is 9.53 Å². The van der Waals surface area contributed by atoms with Crippen molar-refractivity contribution in [2.24, 2.45) is 5.73 Å². The Balaban J connectivity index is 0.00000176. The molecular weight excluding hydrogens is 322 g/mol. The molecule has 0 radical (unpaired) electrons. The Morgan fingerprint density at radius 3 is 2.82 bits per heavy atom. The van der Waals surface area contributed by atoms with Gasteiger partial charge in [0.15, 0.2) is 0 Å². The molecule has 2 heterocycles. The summed E-state index contributed by atoms with van der Waals surface area (Å²) < 4.78 is 5.71. The number of benzene rings is 1. The molecule has 5 nitrogen and oxygen atoms in total. The van der Waals surface area contributed by atoms with Crippen LogP contribution in [0.15, 0.2) is 35.8 Å². The molecule has 1 atom stereocenters. The van der Waals surface area contributed by atoms with E-state index in [1.807, 2.05) is 34.5 Å². The van der Waals surface area contributed by atoms with E-state index in [0.717, 1.165) is 10.6 Å². The molecule has 1 fully saturated rings. The highest BCUT2D eigenvalue weighted by Crippen LogP contribution is 2.24. The number of aromatic nitrogens is 1. The number of amides is 1. The van der Waals surface area contributed by atoms with Crippen LogP contribution in [0.3, 0.4) is 0 Å². The maximum atomic E-state index is 12.5. The number of thiazole rings is 1. The van der Waals surface area contributed by atoms with Crippen molar-refractivity contribution in [2.75, 3.05) is 19.7 Å². The van der Waals surface area contributed by atoms with E-state index in [1.54, 1.807) is 17.5 Å². The molecular formula is C15H18ClN3O2S. The summed E-state index contributed by atoms with van der Waals surface area (Å²) in [7, 11) is 0. The first-order valence-corrected chi connectivity index (χ1v) is 7.75. The van der Waals surface area contributed by atoms with Crippen LogP contribution in [0.5, 0.6) is 0 Å². The molecule has 1 saturated heterocycles. The lowest BCUT2D eigenvalue weighted by molar-refractivity contribution is -0.0229. The Labute approximate surface area is 139 Å². The SMILES string of the molecule is Cl.NCc1ccc(C(=O)N2CCOC(c3nccs3)C2)cc1. The maximum absolute atomic E-state index is 12.5. The molecule has 0 bridgehead atoms. The molecule has 2 aromatic rings. The molecule has 7 heteroatoms. The predicted octanol–water partition coefficient (Wildman–Crippen LogP) is 2.24. The molecule has 1 amide bonds. The lowest BCUT2D eigenvalue weighted by Gasteiger charge is -2.32. The normalized spacial score (nSPS) is 17.9. The summed E-state index contributed by atoms with van der Waals surface area (Å²) in [6, 6.07) is 7.45. The van der Waals surface area contributed by atoms with Gasteiger partial charge >= 0.3 is 0 Å². The van der Waals surface area contributed by atoms with Crippen molar-refractivity contribution in [3.63, 3.8) is 0 Å². The van der Waals surface area contributed by atoms with Crippen molar-refractivity contribution in [2.45, 2.75) is 12.6 Å². The second kappa shape index (κ2) is 7.69. The number of ether oxygens (including phenoxy) is 1. The first kappa shape index (κ1) is 16.9. The minimum absolute atomic E-state index is 0. The van der Waals surface area contributed by atoms with Crippen LogP contribution < -0.4 is 5.73 Å². The quantitative estimate of drug-likeness (QED) is 0.931. The van der Waals surface area contributed by atoms with Crippen LogP contribution in [-0.4, -0.2) is 35.5 Å². The number of carbonyl (C=O) groups excluding carboxylic acids is 1. The Kier molecular flexibility index (Phi) is 5.90. The van der Waals surface area contributed by atoms with E-state index in [1.165, 1.54) is 0 Å². The fourth-order valence-corrected chi connectivity index (χ4v) is 3.02. The minimum atomic E-state index is -0.119. The zero-order chi connectivity index (χ0) is 14.7. The molecule has 2 N–H and O–H groups in total. The fraction of sp³-hybridized carbons (Fsp3) is 0.333. The Morgan fingerprint density at radius 1 is 1.41 bits per heavy atom. The number of carbonyl (C=O) groups is 1. The van der Waals surface area contributed by atoms with Crippen molar-refractivity contribution in [1.29, 1.82) is 0 Å². The van der Waals surface area contributed by atoms with Gasteiger partial charge in [0.25, 0.3) is 5.91 Å². The standard InChI is InChI=1S/C15H17N3O2S.ClH/c16-9-11-1-3-12(4-2-11)15(19)18-6-7-20-13(10-18)14-17-5-8-21-14;/h1-5,8,13H,6-7,9-10,16H2;1H. The van der Waals surface area contributed by atoms with Crippen molar-refractivity contribution in [1.82, 2.24) is 9.88 Å². The second-order valence-electron chi connectivity index (χ2n) is 4.88. The van der Waals surface area contributed by atoms with E-state index < -0.39 is 0 Å². The largest absolute Gasteiger partial charge is 0.367 e. The number of morpholine rings is 1. The average molecular weight is 340 g/mol. The van der Waals surface area contributed by atoms with E-state index in [9.17, 15) is 4.79 Å². The first-order chi connectivity index (χ1) is 10.3. The third-order valence-electron chi connectivity index (χ3n) is 3.52. The summed E-state index contributed by atoms with van der Waals surface area (Å²) in [5.41, 5.74) is 7.28. The van der Waals surface area contributed by atoms with Gasteiger partial charge < -0.3 is 15.4 Å². The smallest absolute Gasteiger partial charge is 0.254 e. The van der Waals surface area contributed by atoms with Crippen LogP contribution in [0.2, 0.25) is 0 Å². The summed E-state index contributed by atoms with van der Waals surface area (Å²) >= 11 is 1.56. The second-order valence-corrected chi connectivity index (χ2v) is 5.81. The van der Waals surface area contributed by atoms with E-state index in [0.29, 0.717) is 31.8 Å². The highest BCUT2D eigenvalue weighted by Gasteiger charge is 2.27. The van der Waals surface area contributed by atoms with Crippen molar-refractivity contribution >= 4 is 29.7 Å². The van der Waals surface area contributed by atoms with Crippen LogP contribution >= 0.6 is 23.7 Å². The van der Waals surface area contributed by atoms with Crippen molar-refractivity contribution in [3.05, 3.63) is 52.0 Å². The molecule has 0 spiro atoms. The molecule has 1 aliphatic heterocycles. The van der Waals surface area contributed by atoms with Gasteiger partial charge in [-0.15, -0.1) is 23.7 Å². The molecule has 118 valence electrons. The molecule has 1 aromatic carbocycles. The van der Waals surface area contributed by atoms with Gasteiger partial charge in [-0.2, -0.15) is 0 Å². The minimum Gasteiger partial charge on any atom is -0.367 e. The third-order valence-corrected chi connectivity index (χ3v) is 4.38. The summed E-state index contributed by atoms with van der Waals surface area (Å²) in [5, 5.41) is 2.84. The summed E-state index contributed by atoms with van der Waals surface area (Å²) in [5.74, 6) is 0.0310. The summed E-state index contributed by atoms with van der Waals surface area (Å²) in [4.78, 5) is 18.6. The first-order valence-electron chi connectivity index (χ1n) is 6.87. The molecule has 0 aliphatic carbocycles. The predicted molar refractivity (Wildman–Crippen MR) is 88.3 cm³/mol. The maximum Gasteiger partial charge on any atom is 0.254 e. The van der Waals surface area contributed by atoms with E-state index in [4.69, 9.17) is 10.5 Å². The Hall–Kier alpha value is -1.47. The number of hydrogen-bond donors (Lipinski definition) is 1. The number of halogens is 1. The zero-order valence-electron chi connectivity index (χ0n) is 12.0. The topological polar surface area (TPSA) is 68.5 Å². The molecule has 0 saturated carbocycles. The van der Waals surface area contributed by atoms with Gasteiger partial charge in [-0.25, -0.2) is 4.98 Å².